The molecule has 0 spiro atoms. The average Bonchev–Trinajstić information content (AvgIpc) is 3.07. The van der Waals surface area contributed by atoms with Crippen molar-refractivity contribution in [2.24, 2.45) is 0 Å². The van der Waals surface area contributed by atoms with E-state index in [0.717, 1.165) is 30.4 Å². The van der Waals surface area contributed by atoms with Gasteiger partial charge in [-0.05, 0) is 24.3 Å². The largest absolute Gasteiger partial charge is 0.490 e. The maximum atomic E-state index is 13.0. The summed E-state index contributed by atoms with van der Waals surface area (Å²) < 4.78 is 38.3. The zero-order valence-corrected chi connectivity index (χ0v) is 25.3. The van der Waals surface area contributed by atoms with Crippen LogP contribution in [-0.2, 0) is 53.3 Å². The second kappa shape index (κ2) is 17.4. The number of hydrogen-bond acceptors (Lipinski definition) is 12. The fourth-order valence-electron chi connectivity index (χ4n) is 4.02. The van der Waals surface area contributed by atoms with E-state index in [4.69, 9.17) is 33.2 Å². The van der Waals surface area contributed by atoms with Gasteiger partial charge in [0.15, 0.2) is 0 Å². The fourth-order valence-corrected chi connectivity index (χ4v) is 4.02. The molecule has 0 amide bonds. The van der Waals surface area contributed by atoms with Crippen molar-refractivity contribution in [1.29, 1.82) is 0 Å². The van der Waals surface area contributed by atoms with Gasteiger partial charge in [-0.25, -0.2) is 24.0 Å². The number of benzene rings is 2. The number of esters is 5. The summed E-state index contributed by atoms with van der Waals surface area (Å²) in [5, 5.41) is 0. The van der Waals surface area contributed by atoms with E-state index < -0.39 is 41.2 Å². The van der Waals surface area contributed by atoms with Gasteiger partial charge in [0, 0.05) is 48.4 Å². The molecule has 0 saturated carbocycles. The third kappa shape index (κ3) is 9.55. The predicted molar refractivity (Wildman–Crippen MR) is 164 cm³/mol. The Morgan fingerprint density at radius 1 is 0.522 bits per heavy atom. The maximum Gasteiger partial charge on any atom is 0.333 e. The second-order valence-corrected chi connectivity index (χ2v) is 8.99. The van der Waals surface area contributed by atoms with Crippen LogP contribution in [0.2, 0.25) is 0 Å². The second-order valence-electron chi connectivity index (χ2n) is 8.99. The molecule has 46 heavy (non-hydrogen) atoms. The quantitative estimate of drug-likeness (QED) is 0.0721. The van der Waals surface area contributed by atoms with Gasteiger partial charge in [0.1, 0.15) is 37.9 Å². The van der Waals surface area contributed by atoms with Crippen molar-refractivity contribution >= 4 is 29.8 Å². The van der Waals surface area contributed by atoms with Crippen LogP contribution in [0.1, 0.15) is 18.1 Å². The minimum Gasteiger partial charge on any atom is -0.490 e. The zero-order valence-electron chi connectivity index (χ0n) is 25.3. The Hall–Kier alpha value is -5.91. The van der Waals surface area contributed by atoms with Crippen molar-refractivity contribution in [2.75, 3.05) is 26.4 Å². The van der Waals surface area contributed by atoms with E-state index in [0.29, 0.717) is 11.5 Å². The Labute approximate surface area is 266 Å². The number of carbonyl (C=O) groups excluding carboxylic acids is 5. The molecule has 2 rings (SSSR count). The molecule has 0 aromatic heterocycles. The zero-order chi connectivity index (χ0) is 34.2. The topological polar surface area (TPSA) is 150 Å². The van der Waals surface area contributed by atoms with Gasteiger partial charge < -0.3 is 33.2 Å². The minimum absolute atomic E-state index is 0.00931. The van der Waals surface area contributed by atoms with Crippen LogP contribution in [0.25, 0.3) is 0 Å². The standard InChI is InChI=1S/C34H34O12/c1-7-28(35)42-22-20-40-26-16-12-24(13-17-26)34(46-32(39)11-5,33(6,44-30(37)9-3)45-31(38)10-4)25-14-18-27(19-15-25)41-21-23-43-29(36)8-2/h7-19H,1-5,20-23H2,6H3. The van der Waals surface area contributed by atoms with E-state index >= 15 is 0 Å². The molecule has 0 unspecified atom stereocenters. The molecule has 0 atom stereocenters. The maximum absolute atomic E-state index is 13.0. The molecule has 0 bridgehead atoms. The number of rotatable bonds is 19. The summed E-state index contributed by atoms with van der Waals surface area (Å²) in [6, 6.07) is 12.0. The molecule has 2 aromatic carbocycles. The summed E-state index contributed by atoms with van der Waals surface area (Å²) in [6.45, 7) is 18.1. The van der Waals surface area contributed by atoms with Gasteiger partial charge in [-0.15, -0.1) is 0 Å². The van der Waals surface area contributed by atoms with Crippen molar-refractivity contribution in [2.45, 2.75) is 18.3 Å². The van der Waals surface area contributed by atoms with Crippen LogP contribution in [0.4, 0.5) is 0 Å². The number of carbonyl (C=O) groups is 5. The van der Waals surface area contributed by atoms with Crippen molar-refractivity contribution in [3.63, 3.8) is 0 Å². The van der Waals surface area contributed by atoms with Crippen LogP contribution >= 0.6 is 0 Å². The lowest BCUT2D eigenvalue weighted by molar-refractivity contribution is -0.279. The summed E-state index contributed by atoms with van der Waals surface area (Å²) in [7, 11) is 0. The van der Waals surface area contributed by atoms with E-state index in [1.807, 2.05) is 0 Å². The molecule has 0 fully saturated rings. The van der Waals surface area contributed by atoms with Crippen molar-refractivity contribution in [3.05, 3.63) is 123 Å². The Kier molecular flexibility index (Phi) is 13.7. The van der Waals surface area contributed by atoms with E-state index in [1.54, 1.807) is 0 Å². The van der Waals surface area contributed by atoms with E-state index in [9.17, 15) is 24.0 Å². The molecule has 0 N–H and O–H groups in total. The van der Waals surface area contributed by atoms with Crippen LogP contribution < -0.4 is 9.47 Å². The number of ether oxygens (including phenoxy) is 7. The molecular weight excluding hydrogens is 600 g/mol. The molecule has 0 aliphatic heterocycles. The van der Waals surface area contributed by atoms with Crippen LogP contribution in [0, 0.1) is 0 Å². The molecule has 242 valence electrons. The Morgan fingerprint density at radius 3 is 1.17 bits per heavy atom. The van der Waals surface area contributed by atoms with Gasteiger partial charge in [-0.1, -0.05) is 57.2 Å². The number of hydrogen-bond donors (Lipinski definition) is 0. The SMILES string of the molecule is C=CC(=O)OCCOc1ccc(C(OC(=O)C=C)(c2ccc(OCCOC(=O)C=C)cc2)C(C)(OC(=O)C=C)OC(=O)C=C)cc1. The van der Waals surface area contributed by atoms with Gasteiger partial charge in [0.05, 0.1) is 0 Å². The Bertz CT molecular complexity index is 1360. The molecule has 0 aliphatic rings. The van der Waals surface area contributed by atoms with Crippen LogP contribution in [0.3, 0.4) is 0 Å². The summed E-state index contributed by atoms with van der Waals surface area (Å²) in [4.78, 5) is 60.9. The molecule has 12 nitrogen and oxygen atoms in total. The lowest BCUT2D eigenvalue weighted by Gasteiger charge is -2.45. The summed E-state index contributed by atoms with van der Waals surface area (Å²) >= 11 is 0. The van der Waals surface area contributed by atoms with Gasteiger partial charge >= 0.3 is 35.6 Å². The highest BCUT2D eigenvalue weighted by Gasteiger charge is 2.60. The first-order chi connectivity index (χ1) is 22.0. The van der Waals surface area contributed by atoms with Crippen molar-refractivity contribution < 1.29 is 57.1 Å². The van der Waals surface area contributed by atoms with Crippen LogP contribution in [-0.4, -0.2) is 62.1 Å². The molecule has 0 heterocycles. The van der Waals surface area contributed by atoms with E-state index in [2.05, 4.69) is 32.9 Å². The van der Waals surface area contributed by atoms with E-state index in [1.165, 1.54) is 55.5 Å². The van der Waals surface area contributed by atoms with Crippen molar-refractivity contribution in [3.8, 4) is 11.5 Å². The third-order valence-corrected chi connectivity index (χ3v) is 6.03. The monoisotopic (exact) mass is 634 g/mol. The molecule has 0 radical (unpaired) electrons. The van der Waals surface area contributed by atoms with Gasteiger partial charge in [0.25, 0.3) is 0 Å². The lowest BCUT2D eigenvalue weighted by Crippen LogP contribution is -2.58. The van der Waals surface area contributed by atoms with E-state index in [-0.39, 0.29) is 37.6 Å². The summed E-state index contributed by atoms with van der Waals surface area (Å²) in [6.07, 6.45) is 4.60. The van der Waals surface area contributed by atoms with Crippen molar-refractivity contribution in [1.82, 2.24) is 0 Å². The normalized spacial score (nSPS) is 10.6. The average molecular weight is 635 g/mol. The smallest absolute Gasteiger partial charge is 0.333 e. The first-order valence-corrected chi connectivity index (χ1v) is 13.6. The fraction of sp³-hybridized carbons (Fsp3) is 0.206. The highest BCUT2D eigenvalue weighted by atomic mass is 16.8. The first kappa shape index (κ1) is 36.3. The summed E-state index contributed by atoms with van der Waals surface area (Å²) in [5.41, 5.74) is -1.87. The summed E-state index contributed by atoms with van der Waals surface area (Å²) in [5.74, 6) is -5.94. The molecule has 12 heteroatoms. The van der Waals surface area contributed by atoms with Gasteiger partial charge in [-0.3, -0.25) is 0 Å². The Balaban J connectivity index is 2.69. The van der Waals surface area contributed by atoms with Crippen LogP contribution in [0.15, 0.2) is 112 Å². The third-order valence-electron chi connectivity index (χ3n) is 6.03. The molecule has 0 aliphatic carbocycles. The predicted octanol–water partition coefficient (Wildman–Crippen LogP) is 4.05. The highest BCUT2D eigenvalue weighted by Crippen LogP contribution is 2.47. The molecule has 0 saturated heterocycles. The van der Waals surface area contributed by atoms with Gasteiger partial charge in [0.2, 0.25) is 5.60 Å². The molecule has 2 aromatic rings. The molecular formula is C34H34O12. The van der Waals surface area contributed by atoms with Gasteiger partial charge in [-0.2, -0.15) is 0 Å². The minimum atomic E-state index is -2.38. The highest BCUT2D eigenvalue weighted by molar-refractivity contribution is 5.85. The lowest BCUT2D eigenvalue weighted by atomic mass is 9.79. The Morgan fingerprint density at radius 2 is 0.848 bits per heavy atom. The van der Waals surface area contributed by atoms with Crippen LogP contribution in [0.5, 0.6) is 11.5 Å². The first-order valence-electron chi connectivity index (χ1n) is 13.6.